The molecule has 0 saturated carbocycles. The van der Waals surface area contributed by atoms with E-state index in [1.54, 1.807) is 54.5 Å². The summed E-state index contributed by atoms with van der Waals surface area (Å²) < 4.78 is 16.5. The van der Waals surface area contributed by atoms with Crippen LogP contribution in [0.4, 0.5) is 11.4 Å². The Labute approximate surface area is 192 Å². The Hall–Kier alpha value is -4.00. The highest BCUT2D eigenvalue weighted by Gasteiger charge is 2.25. The van der Waals surface area contributed by atoms with Crippen LogP contribution < -0.4 is 24.4 Å². The average Bonchev–Trinajstić information content (AvgIpc) is 2.83. The van der Waals surface area contributed by atoms with E-state index in [-0.39, 0.29) is 18.4 Å². The molecule has 2 amide bonds. The summed E-state index contributed by atoms with van der Waals surface area (Å²) in [6.07, 6.45) is 0.654. The lowest BCUT2D eigenvalue weighted by molar-refractivity contribution is -0.121. The number of aryl methyl sites for hydroxylation is 1. The van der Waals surface area contributed by atoms with E-state index >= 15 is 0 Å². The van der Waals surface area contributed by atoms with Crippen molar-refractivity contribution < 1.29 is 23.8 Å². The van der Waals surface area contributed by atoms with Crippen LogP contribution in [0.15, 0.2) is 66.7 Å². The zero-order chi connectivity index (χ0) is 23.2. The Bertz CT molecular complexity index is 1140. The fraction of sp³-hybridized carbons (Fsp3) is 0.231. The van der Waals surface area contributed by atoms with Gasteiger partial charge in [0.2, 0.25) is 0 Å². The van der Waals surface area contributed by atoms with E-state index in [1.165, 1.54) is 0 Å². The third kappa shape index (κ3) is 5.44. The van der Waals surface area contributed by atoms with Gasteiger partial charge in [-0.1, -0.05) is 12.1 Å². The summed E-state index contributed by atoms with van der Waals surface area (Å²) in [6.45, 7) is 2.97. The number of nitrogens with one attached hydrogen (secondary N) is 1. The third-order valence-electron chi connectivity index (χ3n) is 5.30. The number of fused-ring (bicyclic) bond motifs is 1. The maximum Gasteiger partial charge on any atom is 0.265 e. The molecule has 0 atom stereocenters. The van der Waals surface area contributed by atoms with Crippen molar-refractivity contribution in [3.05, 3.63) is 77.9 Å². The number of carbonyl (C=O) groups excluding carboxylic acids is 2. The van der Waals surface area contributed by atoms with Crippen LogP contribution >= 0.6 is 0 Å². The SMILES string of the molecule is COc1ccc(C(=O)Nc2ccc3c(c2)N(CCCOc2cccc(C)c2)C(=O)CO3)cc1. The summed E-state index contributed by atoms with van der Waals surface area (Å²) in [5, 5.41) is 2.88. The first-order valence-electron chi connectivity index (χ1n) is 10.8. The highest BCUT2D eigenvalue weighted by molar-refractivity contribution is 6.05. The molecule has 7 nitrogen and oxygen atoms in total. The minimum absolute atomic E-state index is 0.0106. The molecular weight excluding hydrogens is 420 g/mol. The summed E-state index contributed by atoms with van der Waals surface area (Å²) >= 11 is 0. The van der Waals surface area contributed by atoms with Gasteiger partial charge in [-0.2, -0.15) is 0 Å². The van der Waals surface area contributed by atoms with Gasteiger partial charge in [0.25, 0.3) is 11.8 Å². The van der Waals surface area contributed by atoms with Crippen LogP contribution in [0.2, 0.25) is 0 Å². The molecule has 0 radical (unpaired) electrons. The molecule has 0 bridgehead atoms. The third-order valence-corrected chi connectivity index (χ3v) is 5.30. The fourth-order valence-corrected chi connectivity index (χ4v) is 3.59. The molecule has 0 saturated heterocycles. The smallest absolute Gasteiger partial charge is 0.265 e. The summed E-state index contributed by atoms with van der Waals surface area (Å²) in [6, 6.07) is 20.0. The Kier molecular flexibility index (Phi) is 6.78. The number of anilines is 2. The number of benzene rings is 3. The van der Waals surface area contributed by atoms with Crippen molar-refractivity contribution in [2.45, 2.75) is 13.3 Å². The topological polar surface area (TPSA) is 77.1 Å². The zero-order valence-electron chi connectivity index (χ0n) is 18.7. The molecule has 1 aliphatic heterocycles. The predicted molar refractivity (Wildman–Crippen MR) is 127 cm³/mol. The monoisotopic (exact) mass is 446 g/mol. The van der Waals surface area contributed by atoms with E-state index in [2.05, 4.69) is 5.32 Å². The second-order valence-electron chi connectivity index (χ2n) is 7.72. The minimum Gasteiger partial charge on any atom is -0.497 e. The van der Waals surface area contributed by atoms with Crippen molar-refractivity contribution in [1.29, 1.82) is 0 Å². The van der Waals surface area contributed by atoms with Gasteiger partial charge in [-0.05, 0) is 73.5 Å². The minimum atomic E-state index is -0.251. The average molecular weight is 447 g/mol. The van der Waals surface area contributed by atoms with Crippen LogP contribution in [0.5, 0.6) is 17.2 Å². The number of carbonyl (C=O) groups is 2. The van der Waals surface area contributed by atoms with Gasteiger partial charge in [-0.15, -0.1) is 0 Å². The van der Waals surface area contributed by atoms with Gasteiger partial charge in [0.05, 0.1) is 19.4 Å². The first-order valence-corrected chi connectivity index (χ1v) is 10.8. The molecule has 170 valence electrons. The maximum absolute atomic E-state index is 12.6. The van der Waals surface area contributed by atoms with Gasteiger partial charge in [-0.25, -0.2) is 0 Å². The van der Waals surface area contributed by atoms with Crippen LogP contribution in [0.1, 0.15) is 22.3 Å². The summed E-state index contributed by atoms with van der Waals surface area (Å²) in [4.78, 5) is 26.8. The van der Waals surface area contributed by atoms with E-state index in [1.807, 2.05) is 31.2 Å². The van der Waals surface area contributed by atoms with E-state index in [0.717, 1.165) is 11.3 Å². The molecule has 3 aromatic carbocycles. The van der Waals surface area contributed by atoms with Crippen molar-refractivity contribution in [3.63, 3.8) is 0 Å². The van der Waals surface area contributed by atoms with Gasteiger partial charge >= 0.3 is 0 Å². The summed E-state index contributed by atoms with van der Waals surface area (Å²) in [5.41, 5.74) is 2.85. The predicted octanol–water partition coefficient (Wildman–Crippen LogP) is 4.45. The van der Waals surface area contributed by atoms with Gasteiger partial charge < -0.3 is 24.4 Å². The lowest BCUT2D eigenvalue weighted by atomic mass is 10.1. The Morgan fingerprint density at radius 1 is 1.06 bits per heavy atom. The molecule has 0 unspecified atom stereocenters. The van der Waals surface area contributed by atoms with Crippen molar-refractivity contribution in [2.24, 2.45) is 0 Å². The van der Waals surface area contributed by atoms with E-state index < -0.39 is 0 Å². The summed E-state index contributed by atoms with van der Waals surface area (Å²) in [5.74, 6) is 1.72. The molecule has 0 aliphatic carbocycles. The number of hydrogen-bond acceptors (Lipinski definition) is 5. The molecule has 1 aliphatic rings. The standard InChI is InChI=1S/C26H26N2O5/c1-18-5-3-6-22(15-18)32-14-4-13-28-23-16-20(9-12-24(23)33-17-25(28)29)27-26(30)19-7-10-21(31-2)11-8-19/h3,5-12,15-16H,4,13-14,17H2,1-2H3,(H,27,30). The number of ether oxygens (including phenoxy) is 3. The molecule has 0 fully saturated rings. The second-order valence-corrected chi connectivity index (χ2v) is 7.72. The van der Waals surface area contributed by atoms with Gasteiger partial charge in [0, 0.05) is 17.8 Å². The van der Waals surface area contributed by atoms with E-state index in [9.17, 15) is 9.59 Å². The van der Waals surface area contributed by atoms with Gasteiger partial charge in [0.15, 0.2) is 6.61 Å². The highest BCUT2D eigenvalue weighted by Crippen LogP contribution is 2.35. The lowest BCUT2D eigenvalue weighted by Crippen LogP contribution is -2.39. The second kappa shape index (κ2) is 10.1. The molecule has 4 rings (SSSR count). The molecule has 0 aromatic heterocycles. The normalized spacial score (nSPS) is 12.5. The number of rotatable bonds is 8. The van der Waals surface area contributed by atoms with Crippen molar-refractivity contribution in [1.82, 2.24) is 0 Å². The quantitative estimate of drug-likeness (QED) is 0.518. The first kappa shape index (κ1) is 22.2. The van der Waals surface area contributed by atoms with Crippen LogP contribution in [-0.2, 0) is 4.79 Å². The fourth-order valence-electron chi connectivity index (χ4n) is 3.59. The summed E-state index contributed by atoms with van der Waals surface area (Å²) in [7, 11) is 1.58. The van der Waals surface area contributed by atoms with Crippen molar-refractivity contribution in [2.75, 3.05) is 37.1 Å². The number of amides is 2. The van der Waals surface area contributed by atoms with Crippen molar-refractivity contribution >= 4 is 23.2 Å². The number of methoxy groups -OCH3 is 1. The molecule has 3 aromatic rings. The van der Waals surface area contributed by atoms with Crippen LogP contribution in [0.3, 0.4) is 0 Å². The van der Waals surface area contributed by atoms with Crippen LogP contribution in [0.25, 0.3) is 0 Å². The van der Waals surface area contributed by atoms with Gasteiger partial charge in [-0.3, -0.25) is 9.59 Å². The van der Waals surface area contributed by atoms with E-state index in [4.69, 9.17) is 14.2 Å². The molecule has 1 heterocycles. The number of nitrogens with zero attached hydrogens (tertiary/aromatic N) is 1. The Balaban J connectivity index is 1.41. The molecule has 33 heavy (non-hydrogen) atoms. The highest BCUT2D eigenvalue weighted by atomic mass is 16.5. The first-order chi connectivity index (χ1) is 16.0. The molecule has 7 heteroatoms. The maximum atomic E-state index is 12.6. The van der Waals surface area contributed by atoms with E-state index in [0.29, 0.717) is 48.0 Å². The lowest BCUT2D eigenvalue weighted by Gasteiger charge is -2.30. The van der Waals surface area contributed by atoms with Crippen LogP contribution in [-0.4, -0.2) is 38.7 Å². The Morgan fingerprint density at radius 2 is 1.88 bits per heavy atom. The number of hydrogen-bond donors (Lipinski definition) is 1. The zero-order valence-corrected chi connectivity index (χ0v) is 18.7. The Morgan fingerprint density at radius 3 is 2.64 bits per heavy atom. The molecular formula is C26H26N2O5. The molecule has 1 N–H and O–H groups in total. The molecule has 0 spiro atoms. The van der Waals surface area contributed by atoms with Gasteiger partial charge in [0.1, 0.15) is 17.2 Å². The van der Waals surface area contributed by atoms with Crippen molar-refractivity contribution in [3.8, 4) is 17.2 Å². The van der Waals surface area contributed by atoms with Crippen LogP contribution in [0, 0.1) is 6.92 Å². The largest absolute Gasteiger partial charge is 0.497 e.